The first-order chi connectivity index (χ1) is 14.7. The van der Waals surface area contributed by atoms with E-state index >= 15 is 0 Å². The van der Waals surface area contributed by atoms with Gasteiger partial charge in [0.1, 0.15) is 5.54 Å². The summed E-state index contributed by atoms with van der Waals surface area (Å²) in [7, 11) is 0. The summed E-state index contributed by atoms with van der Waals surface area (Å²) in [5.74, 6) is 0. The first-order valence-corrected chi connectivity index (χ1v) is 10.6. The first kappa shape index (κ1) is 18.6. The minimum absolute atomic E-state index is 0.153. The van der Waals surface area contributed by atoms with Crippen molar-refractivity contribution < 1.29 is 0 Å². The average molecular weight is 455 g/mol. The van der Waals surface area contributed by atoms with E-state index in [9.17, 15) is 4.79 Å². The lowest BCUT2D eigenvalue weighted by Crippen LogP contribution is -2.43. The first-order valence-electron chi connectivity index (χ1n) is 9.78. The Morgan fingerprint density at radius 1 is 0.667 bits per heavy atom. The lowest BCUT2D eigenvalue weighted by Gasteiger charge is -2.37. The minimum Gasteiger partial charge on any atom is -0.305 e. The van der Waals surface area contributed by atoms with Gasteiger partial charge < -0.3 is 4.98 Å². The number of imidazole rings is 1. The van der Waals surface area contributed by atoms with Crippen molar-refractivity contribution >= 4 is 27.0 Å². The van der Waals surface area contributed by atoms with Crippen LogP contribution in [0.15, 0.2) is 118 Å². The third-order valence-electron chi connectivity index (χ3n) is 5.56. The SMILES string of the molecule is O=c1[nH]c2ccc(Br)cc2n1C(c1ccccc1)(c1ccccc1)c1ccccc1. The van der Waals surface area contributed by atoms with Gasteiger partial charge in [-0.1, -0.05) is 107 Å². The van der Waals surface area contributed by atoms with Crippen LogP contribution in [0.5, 0.6) is 0 Å². The highest BCUT2D eigenvalue weighted by molar-refractivity contribution is 9.10. The van der Waals surface area contributed by atoms with E-state index in [0.29, 0.717) is 0 Å². The number of fused-ring (bicyclic) bond motifs is 1. The molecule has 30 heavy (non-hydrogen) atoms. The molecular formula is C26H19BrN2O. The number of aromatic nitrogens is 2. The summed E-state index contributed by atoms with van der Waals surface area (Å²) in [5, 5.41) is 0. The largest absolute Gasteiger partial charge is 0.327 e. The van der Waals surface area contributed by atoms with Gasteiger partial charge in [-0.2, -0.15) is 0 Å². The molecule has 0 bridgehead atoms. The summed E-state index contributed by atoms with van der Waals surface area (Å²) in [6.07, 6.45) is 0. The Morgan fingerprint density at radius 2 is 1.13 bits per heavy atom. The van der Waals surface area contributed by atoms with Crippen LogP contribution in [0, 0.1) is 0 Å². The summed E-state index contributed by atoms with van der Waals surface area (Å²) >= 11 is 3.58. The summed E-state index contributed by atoms with van der Waals surface area (Å²) in [5.41, 5.74) is 3.71. The van der Waals surface area contributed by atoms with Gasteiger partial charge in [0.05, 0.1) is 11.0 Å². The predicted octanol–water partition coefficient (Wildman–Crippen LogP) is 5.93. The summed E-state index contributed by atoms with van der Waals surface area (Å²) in [6.45, 7) is 0. The molecule has 0 saturated carbocycles. The fourth-order valence-corrected chi connectivity index (χ4v) is 4.68. The van der Waals surface area contributed by atoms with Gasteiger partial charge >= 0.3 is 5.69 Å². The number of nitrogens with one attached hydrogen (secondary N) is 1. The van der Waals surface area contributed by atoms with E-state index < -0.39 is 5.54 Å². The predicted molar refractivity (Wildman–Crippen MR) is 125 cm³/mol. The molecule has 4 heteroatoms. The topological polar surface area (TPSA) is 37.8 Å². The zero-order valence-corrected chi connectivity index (χ0v) is 17.7. The Labute approximate surface area is 182 Å². The van der Waals surface area contributed by atoms with Gasteiger partial charge in [-0.25, -0.2) is 4.79 Å². The van der Waals surface area contributed by atoms with Crippen LogP contribution in [0.25, 0.3) is 11.0 Å². The van der Waals surface area contributed by atoms with Gasteiger partial charge in [-0.15, -0.1) is 0 Å². The van der Waals surface area contributed by atoms with E-state index in [1.165, 1.54) is 0 Å². The van der Waals surface area contributed by atoms with Crippen molar-refractivity contribution in [3.8, 4) is 0 Å². The Morgan fingerprint density at radius 3 is 1.60 bits per heavy atom. The Bertz CT molecular complexity index is 1260. The van der Waals surface area contributed by atoms with E-state index in [1.54, 1.807) is 0 Å². The van der Waals surface area contributed by atoms with Crippen LogP contribution >= 0.6 is 15.9 Å². The molecule has 146 valence electrons. The number of benzene rings is 4. The highest BCUT2D eigenvalue weighted by atomic mass is 79.9. The maximum Gasteiger partial charge on any atom is 0.327 e. The molecule has 0 saturated heterocycles. The van der Waals surface area contributed by atoms with E-state index in [2.05, 4.69) is 57.3 Å². The number of nitrogens with zero attached hydrogens (tertiary/aromatic N) is 1. The average Bonchev–Trinajstić information content (AvgIpc) is 3.12. The maximum atomic E-state index is 13.5. The maximum absolute atomic E-state index is 13.5. The van der Waals surface area contributed by atoms with Gasteiger partial charge in [-0.3, -0.25) is 4.57 Å². The van der Waals surface area contributed by atoms with E-state index in [1.807, 2.05) is 77.4 Å². The lowest BCUT2D eigenvalue weighted by atomic mass is 9.76. The lowest BCUT2D eigenvalue weighted by molar-refractivity contribution is 0.514. The normalized spacial score (nSPS) is 11.6. The van der Waals surface area contributed by atoms with E-state index in [0.717, 1.165) is 32.2 Å². The number of hydrogen-bond acceptors (Lipinski definition) is 1. The van der Waals surface area contributed by atoms with Crippen LogP contribution in [0.2, 0.25) is 0 Å². The fourth-order valence-electron chi connectivity index (χ4n) is 4.33. The number of hydrogen-bond donors (Lipinski definition) is 1. The van der Waals surface area contributed by atoms with Crippen LogP contribution in [0.4, 0.5) is 0 Å². The molecule has 0 aliphatic heterocycles. The van der Waals surface area contributed by atoms with Crippen LogP contribution in [0.3, 0.4) is 0 Å². The van der Waals surface area contributed by atoms with Gasteiger partial charge in [-0.05, 0) is 34.9 Å². The Kier molecular flexibility index (Phi) is 4.64. The van der Waals surface area contributed by atoms with Gasteiger partial charge in [0.25, 0.3) is 0 Å². The van der Waals surface area contributed by atoms with Crippen molar-refractivity contribution in [2.75, 3.05) is 0 Å². The Balaban J connectivity index is 2.02. The molecule has 5 aromatic rings. The summed E-state index contributed by atoms with van der Waals surface area (Å²) in [6, 6.07) is 36.5. The molecule has 0 radical (unpaired) electrons. The molecule has 1 N–H and O–H groups in total. The molecule has 0 unspecified atom stereocenters. The molecule has 4 aromatic carbocycles. The highest BCUT2D eigenvalue weighted by Crippen LogP contribution is 2.41. The zero-order chi connectivity index (χ0) is 20.6. The van der Waals surface area contributed by atoms with Crippen molar-refractivity contribution in [2.45, 2.75) is 5.54 Å². The number of H-pyrrole nitrogens is 1. The molecule has 0 fully saturated rings. The van der Waals surface area contributed by atoms with Crippen LogP contribution in [-0.2, 0) is 5.54 Å². The second-order valence-corrected chi connectivity index (χ2v) is 8.15. The molecule has 1 aromatic heterocycles. The smallest absolute Gasteiger partial charge is 0.305 e. The fraction of sp³-hybridized carbons (Fsp3) is 0.0385. The molecule has 0 aliphatic carbocycles. The monoisotopic (exact) mass is 454 g/mol. The molecular weight excluding hydrogens is 436 g/mol. The molecule has 1 heterocycles. The van der Waals surface area contributed by atoms with Crippen molar-refractivity contribution in [1.29, 1.82) is 0 Å². The quantitative estimate of drug-likeness (QED) is 0.335. The zero-order valence-electron chi connectivity index (χ0n) is 16.1. The van der Waals surface area contributed by atoms with Crippen LogP contribution < -0.4 is 5.69 Å². The van der Waals surface area contributed by atoms with Gasteiger partial charge in [0.15, 0.2) is 0 Å². The number of halogens is 1. The van der Waals surface area contributed by atoms with Gasteiger partial charge in [0.2, 0.25) is 0 Å². The third-order valence-corrected chi connectivity index (χ3v) is 6.05. The molecule has 0 aliphatic rings. The summed E-state index contributed by atoms with van der Waals surface area (Å²) < 4.78 is 2.80. The molecule has 0 atom stereocenters. The minimum atomic E-state index is -0.833. The van der Waals surface area contributed by atoms with E-state index in [-0.39, 0.29) is 5.69 Å². The molecule has 0 amide bonds. The van der Waals surface area contributed by atoms with Crippen molar-refractivity contribution in [2.24, 2.45) is 0 Å². The number of rotatable bonds is 4. The van der Waals surface area contributed by atoms with Crippen molar-refractivity contribution in [3.05, 3.63) is 141 Å². The summed E-state index contributed by atoms with van der Waals surface area (Å²) in [4.78, 5) is 16.6. The number of aromatic amines is 1. The highest BCUT2D eigenvalue weighted by Gasteiger charge is 2.40. The van der Waals surface area contributed by atoms with Gasteiger partial charge in [0, 0.05) is 4.47 Å². The molecule has 0 spiro atoms. The van der Waals surface area contributed by atoms with E-state index in [4.69, 9.17) is 0 Å². The van der Waals surface area contributed by atoms with Crippen LogP contribution in [-0.4, -0.2) is 9.55 Å². The standard InChI is InChI=1S/C26H19BrN2O/c27-22-16-17-23-24(18-22)29(25(30)28-23)26(19-10-4-1-5-11-19,20-12-6-2-7-13-20)21-14-8-3-9-15-21/h1-18H,(H,28,30). The van der Waals surface area contributed by atoms with Crippen molar-refractivity contribution in [1.82, 2.24) is 9.55 Å². The van der Waals surface area contributed by atoms with Crippen LogP contribution in [0.1, 0.15) is 16.7 Å². The molecule has 5 rings (SSSR count). The molecule has 3 nitrogen and oxygen atoms in total. The second-order valence-electron chi connectivity index (χ2n) is 7.24. The van der Waals surface area contributed by atoms with Crippen molar-refractivity contribution in [3.63, 3.8) is 0 Å². The Hall–Kier alpha value is -3.37. The third kappa shape index (κ3) is 2.84. The second kappa shape index (κ2) is 7.47.